The highest BCUT2D eigenvalue weighted by molar-refractivity contribution is 7.11. The fourth-order valence-corrected chi connectivity index (χ4v) is 3.53. The number of halogens is 1. The lowest BCUT2D eigenvalue weighted by Crippen LogP contribution is -2.15. The minimum atomic E-state index is 0.112. The molecule has 0 aliphatic rings. The first kappa shape index (κ1) is 17.3. The number of hydrogen-bond acceptors (Lipinski definition) is 4. The molecule has 0 aliphatic heterocycles. The first-order chi connectivity index (χ1) is 10.4. The molecule has 1 aromatic heterocycles. The third-order valence-corrected chi connectivity index (χ3v) is 5.05. The molecular weight excluding hydrogens is 316 g/mol. The van der Waals surface area contributed by atoms with Crippen molar-refractivity contribution in [3.63, 3.8) is 0 Å². The Morgan fingerprint density at radius 2 is 2.05 bits per heavy atom. The van der Waals surface area contributed by atoms with Gasteiger partial charge >= 0.3 is 0 Å². The third-order valence-electron chi connectivity index (χ3n) is 3.52. The highest BCUT2D eigenvalue weighted by Gasteiger charge is 2.17. The molecule has 5 heteroatoms. The molecule has 120 valence electrons. The Balaban J connectivity index is 2.16. The van der Waals surface area contributed by atoms with Crippen molar-refractivity contribution in [2.24, 2.45) is 5.73 Å². The lowest BCUT2D eigenvalue weighted by Gasteiger charge is -2.15. The summed E-state index contributed by atoms with van der Waals surface area (Å²) in [5.74, 6) is 0.955. The molecule has 1 unspecified atom stereocenters. The van der Waals surface area contributed by atoms with Crippen molar-refractivity contribution in [1.29, 1.82) is 0 Å². The molecule has 0 spiro atoms. The Kier molecular flexibility index (Phi) is 5.84. The van der Waals surface area contributed by atoms with E-state index in [9.17, 15) is 0 Å². The van der Waals surface area contributed by atoms with E-state index >= 15 is 0 Å². The molecule has 0 saturated carbocycles. The summed E-state index contributed by atoms with van der Waals surface area (Å²) in [5.41, 5.74) is 8.20. The van der Waals surface area contributed by atoms with Gasteiger partial charge < -0.3 is 10.5 Å². The summed E-state index contributed by atoms with van der Waals surface area (Å²) < 4.78 is 5.67. The highest BCUT2D eigenvalue weighted by Crippen LogP contribution is 2.30. The van der Waals surface area contributed by atoms with E-state index in [4.69, 9.17) is 22.1 Å². The van der Waals surface area contributed by atoms with Gasteiger partial charge in [0, 0.05) is 17.3 Å². The molecule has 3 nitrogen and oxygen atoms in total. The molecule has 2 rings (SSSR count). The lowest BCUT2D eigenvalue weighted by atomic mass is 10.00. The topological polar surface area (TPSA) is 48.1 Å². The van der Waals surface area contributed by atoms with Crippen LogP contribution in [0, 0.1) is 13.8 Å². The fraction of sp³-hybridized carbons (Fsp3) is 0.471. The molecule has 0 aliphatic carbocycles. The van der Waals surface area contributed by atoms with Gasteiger partial charge in [-0.25, -0.2) is 4.98 Å². The van der Waals surface area contributed by atoms with Crippen LogP contribution in [0.4, 0.5) is 0 Å². The Labute approximate surface area is 141 Å². The summed E-state index contributed by atoms with van der Waals surface area (Å²) in [6, 6.07) is 5.96. The van der Waals surface area contributed by atoms with E-state index in [0.717, 1.165) is 28.4 Å². The largest absolute Gasteiger partial charge is 0.489 e. The maximum Gasteiger partial charge on any atom is 0.138 e. The smallest absolute Gasteiger partial charge is 0.138 e. The molecule has 0 amide bonds. The van der Waals surface area contributed by atoms with Crippen molar-refractivity contribution in [2.45, 2.75) is 46.1 Å². The first-order valence-electron chi connectivity index (χ1n) is 7.49. The van der Waals surface area contributed by atoms with Crippen LogP contribution in [0.2, 0.25) is 5.02 Å². The molecule has 0 bridgehead atoms. The van der Waals surface area contributed by atoms with Crippen LogP contribution in [-0.2, 0) is 6.42 Å². The minimum absolute atomic E-state index is 0.112. The van der Waals surface area contributed by atoms with Crippen molar-refractivity contribution < 1.29 is 4.74 Å². The van der Waals surface area contributed by atoms with Gasteiger partial charge in [-0.05, 0) is 51.8 Å². The van der Waals surface area contributed by atoms with Gasteiger partial charge in [-0.3, -0.25) is 0 Å². The van der Waals surface area contributed by atoms with Crippen LogP contribution in [0.3, 0.4) is 0 Å². The Bertz CT molecular complexity index is 620. The van der Waals surface area contributed by atoms with Gasteiger partial charge in [0.1, 0.15) is 5.75 Å². The zero-order valence-electron chi connectivity index (χ0n) is 13.5. The molecular formula is C17H23ClN2OS. The standard InChI is InChI=1S/C17H23ClN2OS/c1-10(2)21-16-6-5-13(8-15(16)18)7-14(9-19)17-20-11(3)12(4)22-17/h5-6,8,10,14H,7,9,19H2,1-4H3. The van der Waals surface area contributed by atoms with Crippen LogP contribution >= 0.6 is 22.9 Å². The summed E-state index contributed by atoms with van der Waals surface area (Å²) >= 11 is 8.04. The summed E-state index contributed by atoms with van der Waals surface area (Å²) in [5, 5.41) is 1.75. The molecule has 1 atom stereocenters. The van der Waals surface area contributed by atoms with Crippen LogP contribution < -0.4 is 10.5 Å². The molecule has 2 aromatic rings. The van der Waals surface area contributed by atoms with Crippen molar-refractivity contribution in [3.05, 3.63) is 44.4 Å². The van der Waals surface area contributed by atoms with Gasteiger partial charge in [-0.1, -0.05) is 17.7 Å². The second kappa shape index (κ2) is 7.44. The van der Waals surface area contributed by atoms with Gasteiger partial charge in [-0.2, -0.15) is 0 Å². The molecule has 0 saturated heterocycles. The average Bonchev–Trinajstić information content (AvgIpc) is 2.78. The number of benzene rings is 1. The van der Waals surface area contributed by atoms with Crippen LogP contribution in [0.1, 0.15) is 40.9 Å². The van der Waals surface area contributed by atoms with E-state index in [2.05, 4.69) is 18.0 Å². The minimum Gasteiger partial charge on any atom is -0.489 e. The van der Waals surface area contributed by atoms with Crippen LogP contribution in [0.25, 0.3) is 0 Å². The van der Waals surface area contributed by atoms with Crippen LogP contribution in [0.15, 0.2) is 18.2 Å². The molecule has 0 radical (unpaired) electrons. The number of aryl methyl sites for hydroxylation is 2. The molecule has 22 heavy (non-hydrogen) atoms. The lowest BCUT2D eigenvalue weighted by molar-refractivity contribution is 0.242. The van der Waals surface area contributed by atoms with Gasteiger partial charge in [0.2, 0.25) is 0 Å². The Morgan fingerprint density at radius 1 is 1.32 bits per heavy atom. The molecule has 0 fully saturated rings. The predicted molar refractivity (Wildman–Crippen MR) is 94.3 cm³/mol. The Morgan fingerprint density at radius 3 is 2.55 bits per heavy atom. The van der Waals surface area contributed by atoms with E-state index in [1.807, 2.05) is 32.9 Å². The van der Waals surface area contributed by atoms with Crippen molar-refractivity contribution in [3.8, 4) is 5.75 Å². The third kappa shape index (κ3) is 4.22. The maximum atomic E-state index is 6.31. The second-order valence-corrected chi connectivity index (χ2v) is 7.40. The van der Waals surface area contributed by atoms with E-state index in [0.29, 0.717) is 11.6 Å². The summed E-state index contributed by atoms with van der Waals surface area (Å²) in [6.07, 6.45) is 0.950. The molecule has 1 heterocycles. The number of thiazole rings is 1. The van der Waals surface area contributed by atoms with Crippen LogP contribution in [-0.4, -0.2) is 17.6 Å². The number of rotatable bonds is 6. The van der Waals surface area contributed by atoms with Crippen molar-refractivity contribution in [1.82, 2.24) is 4.98 Å². The molecule has 1 aromatic carbocycles. The first-order valence-corrected chi connectivity index (χ1v) is 8.69. The van der Waals surface area contributed by atoms with Gasteiger partial charge in [0.15, 0.2) is 0 Å². The highest BCUT2D eigenvalue weighted by atomic mass is 35.5. The Hall–Kier alpha value is -1.10. The number of ether oxygens (including phenoxy) is 1. The summed E-state index contributed by atoms with van der Waals surface area (Å²) in [4.78, 5) is 5.89. The van der Waals surface area contributed by atoms with E-state index in [-0.39, 0.29) is 12.0 Å². The van der Waals surface area contributed by atoms with Gasteiger partial charge in [-0.15, -0.1) is 11.3 Å². The SMILES string of the molecule is Cc1nc(C(CN)Cc2ccc(OC(C)C)c(Cl)c2)sc1C. The summed E-state index contributed by atoms with van der Waals surface area (Å²) in [6.45, 7) is 8.69. The number of nitrogens with zero attached hydrogens (tertiary/aromatic N) is 1. The average molecular weight is 339 g/mol. The van der Waals surface area contributed by atoms with Gasteiger partial charge in [0.25, 0.3) is 0 Å². The van der Waals surface area contributed by atoms with E-state index in [1.54, 1.807) is 11.3 Å². The normalized spacial score (nSPS) is 12.7. The van der Waals surface area contributed by atoms with Gasteiger partial charge in [0.05, 0.1) is 21.8 Å². The monoisotopic (exact) mass is 338 g/mol. The number of hydrogen-bond donors (Lipinski definition) is 1. The van der Waals surface area contributed by atoms with Crippen molar-refractivity contribution in [2.75, 3.05) is 6.54 Å². The van der Waals surface area contributed by atoms with E-state index < -0.39 is 0 Å². The number of nitrogens with two attached hydrogens (primary N) is 1. The zero-order valence-corrected chi connectivity index (χ0v) is 15.1. The fourth-order valence-electron chi connectivity index (χ4n) is 2.25. The summed E-state index contributed by atoms with van der Waals surface area (Å²) in [7, 11) is 0. The second-order valence-electron chi connectivity index (χ2n) is 5.76. The van der Waals surface area contributed by atoms with Crippen LogP contribution in [0.5, 0.6) is 5.75 Å². The molecule has 2 N–H and O–H groups in total. The maximum absolute atomic E-state index is 6.31. The number of aromatic nitrogens is 1. The van der Waals surface area contributed by atoms with E-state index in [1.165, 1.54) is 4.88 Å². The van der Waals surface area contributed by atoms with Crippen molar-refractivity contribution >= 4 is 22.9 Å². The zero-order chi connectivity index (χ0) is 16.3. The predicted octanol–water partition coefficient (Wildman–Crippen LogP) is 4.49. The quantitative estimate of drug-likeness (QED) is 0.844.